The molecule has 0 aliphatic heterocycles. The maximum Gasteiger partial charge on any atom is 0.340 e. The number of nitrogens with zero attached hydrogens (tertiary/aromatic N) is 3. The first-order valence-corrected chi connectivity index (χ1v) is 9.56. The van der Waals surface area contributed by atoms with E-state index in [2.05, 4.69) is 27.1 Å². The molecule has 140 valence electrons. The van der Waals surface area contributed by atoms with E-state index in [9.17, 15) is 9.90 Å². The number of halogens is 1. The number of aromatic carboxylic acids is 1. The zero-order valence-electron chi connectivity index (χ0n) is 15.1. The van der Waals surface area contributed by atoms with Gasteiger partial charge in [-0.3, -0.25) is 0 Å². The standard InChI is InChI=1S/C23H14BrN3O2/c24-18-10-12-19(13-11-18)27-22(17-4-2-1-3-5-17)20(23(28)29)21(26-27)16-8-6-15(14-25)7-9-16/h1-13H,(H,28,29). The van der Waals surface area contributed by atoms with E-state index in [1.165, 1.54) is 0 Å². The molecule has 0 aliphatic carbocycles. The summed E-state index contributed by atoms with van der Waals surface area (Å²) >= 11 is 3.42. The van der Waals surface area contributed by atoms with Crippen LogP contribution < -0.4 is 0 Å². The van der Waals surface area contributed by atoms with Crippen molar-refractivity contribution in [3.8, 4) is 34.3 Å². The van der Waals surface area contributed by atoms with Gasteiger partial charge in [0.2, 0.25) is 0 Å². The summed E-state index contributed by atoms with van der Waals surface area (Å²) in [4.78, 5) is 12.3. The zero-order valence-corrected chi connectivity index (χ0v) is 16.7. The highest BCUT2D eigenvalue weighted by atomic mass is 79.9. The number of carbonyl (C=O) groups is 1. The molecule has 4 rings (SSSR count). The summed E-state index contributed by atoms with van der Waals surface area (Å²) in [5.41, 5.74) is 3.60. The molecule has 0 aliphatic rings. The Morgan fingerprint density at radius 2 is 1.59 bits per heavy atom. The van der Waals surface area contributed by atoms with Crippen molar-refractivity contribution in [1.82, 2.24) is 9.78 Å². The quantitative estimate of drug-likeness (QED) is 0.449. The van der Waals surface area contributed by atoms with Crippen molar-refractivity contribution < 1.29 is 9.90 Å². The van der Waals surface area contributed by atoms with Crippen molar-refractivity contribution in [1.29, 1.82) is 5.26 Å². The molecule has 0 saturated heterocycles. The van der Waals surface area contributed by atoms with Gasteiger partial charge < -0.3 is 5.11 Å². The van der Waals surface area contributed by atoms with Gasteiger partial charge in [-0.05, 0) is 36.4 Å². The lowest BCUT2D eigenvalue weighted by atomic mass is 10.0. The van der Waals surface area contributed by atoms with Crippen molar-refractivity contribution in [2.24, 2.45) is 0 Å². The molecule has 6 heteroatoms. The van der Waals surface area contributed by atoms with Crippen LogP contribution in [0.4, 0.5) is 0 Å². The Bertz CT molecular complexity index is 1220. The molecule has 0 amide bonds. The minimum absolute atomic E-state index is 0.115. The fraction of sp³-hybridized carbons (Fsp3) is 0. The normalized spacial score (nSPS) is 10.5. The lowest BCUT2D eigenvalue weighted by molar-refractivity contribution is 0.0698. The van der Waals surface area contributed by atoms with Crippen molar-refractivity contribution in [3.05, 3.63) is 94.5 Å². The predicted molar refractivity (Wildman–Crippen MR) is 114 cm³/mol. The number of hydrogen-bond acceptors (Lipinski definition) is 3. The van der Waals surface area contributed by atoms with Gasteiger partial charge in [-0.2, -0.15) is 10.4 Å². The number of aromatic nitrogens is 2. The third kappa shape index (κ3) is 3.56. The van der Waals surface area contributed by atoms with E-state index < -0.39 is 5.97 Å². The molecule has 0 bridgehead atoms. The first-order valence-electron chi connectivity index (χ1n) is 8.76. The van der Waals surface area contributed by atoms with Crippen LogP contribution in [0.1, 0.15) is 15.9 Å². The SMILES string of the molecule is N#Cc1ccc(-c2nn(-c3ccc(Br)cc3)c(-c3ccccc3)c2C(=O)O)cc1. The van der Waals surface area contributed by atoms with Gasteiger partial charge in [0, 0.05) is 15.6 Å². The van der Waals surface area contributed by atoms with Crippen molar-refractivity contribution in [2.45, 2.75) is 0 Å². The molecule has 5 nitrogen and oxygen atoms in total. The van der Waals surface area contributed by atoms with Crippen molar-refractivity contribution in [3.63, 3.8) is 0 Å². The van der Waals surface area contributed by atoms with E-state index in [4.69, 9.17) is 5.26 Å². The van der Waals surface area contributed by atoms with Crippen molar-refractivity contribution in [2.75, 3.05) is 0 Å². The summed E-state index contributed by atoms with van der Waals surface area (Å²) in [5, 5.41) is 23.8. The van der Waals surface area contributed by atoms with Crippen LogP contribution in [-0.2, 0) is 0 Å². The average molecular weight is 444 g/mol. The molecular weight excluding hydrogens is 430 g/mol. The largest absolute Gasteiger partial charge is 0.478 e. The smallest absolute Gasteiger partial charge is 0.340 e. The third-order valence-electron chi connectivity index (χ3n) is 4.51. The Labute approximate surface area is 175 Å². The van der Waals surface area contributed by atoms with Gasteiger partial charge in [0.05, 0.1) is 23.0 Å². The molecule has 0 saturated carbocycles. The monoisotopic (exact) mass is 443 g/mol. The van der Waals surface area contributed by atoms with Crippen LogP contribution in [-0.4, -0.2) is 20.9 Å². The second-order valence-corrected chi connectivity index (χ2v) is 7.24. The molecule has 4 aromatic rings. The molecule has 0 unspecified atom stereocenters. The Morgan fingerprint density at radius 1 is 0.931 bits per heavy atom. The van der Waals surface area contributed by atoms with E-state index in [0.29, 0.717) is 22.5 Å². The molecule has 0 spiro atoms. The van der Waals surface area contributed by atoms with Gasteiger partial charge in [-0.15, -0.1) is 0 Å². The summed E-state index contributed by atoms with van der Waals surface area (Å²) in [5.74, 6) is -1.06. The van der Waals surface area contributed by atoms with Crippen LogP contribution >= 0.6 is 15.9 Å². The van der Waals surface area contributed by atoms with Crippen LogP contribution in [0, 0.1) is 11.3 Å². The first kappa shape index (κ1) is 18.7. The number of nitriles is 1. The summed E-state index contributed by atoms with van der Waals surface area (Å²) < 4.78 is 2.57. The van der Waals surface area contributed by atoms with E-state index in [0.717, 1.165) is 15.7 Å². The van der Waals surface area contributed by atoms with Crippen LogP contribution in [0.3, 0.4) is 0 Å². The van der Waals surface area contributed by atoms with E-state index in [1.54, 1.807) is 28.9 Å². The molecule has 29 heavy (non-hydrogen) atoms. The number of rotatable bonds is 4. The minimum Gasteiger partial charge on any atom is -0.478 e. The van der Waals surface area contributed by atoms with E-state index >= 15 is 0 Å². The maximum atomic E-state index is 12.3. The third-order valence-corrected chi connectivity index (χ3v) is 5.03. The fourth-order valence-corrected chi connectivity index (χ4v) is 3.42. The Balaban J connectivity index is 2.03. The van der Waals surface area contributed by atoms with Gasteiger partial charge in [0.1, 0.15) is 11.3 Å². The molecule has 1 heterocycles. The maximum absolute atomic E-state index is 12.3. The van der Waals surface area contributed by atoms with Gasteiger partial charge in [0.25, 0.3) is 0 Å². The average Bonchev–Trinajstić information content (AvgIpc) is 3.16. The van der Waals surface area contributed by atoms with Gasteiger partial charge in [0.15, 0.2) is 0 Å². The van der Waals surface area contributed by atoms with Crippen molar-refractivity contribution >= 4 is 21.9 Å². The van der Waals surface area contributed by atoms with Gasteiger partial charge in [-0.1, -0.05) is 58.4 Å². The number of hydrogen-bond donors (Lipinski definition) is 1. The lowest BCUT2D eigenvalue weighted by Gasteiger charge is -2.09. The minimum atomic E-state index is -1.06. The molecule has 1 aromatic heterocycles. The predicted octanol–water partition coefficient (Wildman–Crippen LogP) is 5.54. The summed E-state index contributed by atoms with van der Waals surface area (Å²) in [6.45, 7) is 0. The zero-order chi connectivity index (χ0) is 20.4. The Kier molecular flexibility index (Phi) is 4.98. The van der Waals surface area contributed by atoms with Crippen LogP contribution in [0.2, 0.25) is 0 Å². The van der Waals surface area contributed by atoms with Crippen LogP contribution in [0.5, 0.6) is 0 Å². The highest BCUT2D eigenvalue weighted by Gasteiger charge is 2.26. The number of benzene rings is 3. The van der Waals surface area contributed by atoms with Crippen LogP contribution in [0.25, 0.3) is 28.2 Å². The highest BCUT2D eigenvalue weighted by molar-refractivity contribution is 9.10. The second-order valence-electron chi connectivity index (χ2n) is 6.32. The second kappa shape index (κ2) is 7.74. The molecule has 3 aromatic carbocycles. The van der Waals surface area contributed by atoms with Gasteiger partial charge >= 0.3 is 5.97 Å². The molecule has 0 fully saturated rings. The summed E-state index contributed by atoms with van der Waals surface area (Å²) in [6.07, 6.45) is 0. The van der Waals surface area contributed by atoms with E-state index in [1.807, 2.05) is 54.6 Å². The molecule has 0 radical (unpaired) electrons. The Morgan fingerprint density at radius 3 is 2.17 bits per heavy atom. The Hall–Kier alpha value is -3.69. The molecule has 1 N–H and O–H groups in total. The van der Waals surface area contributed by atoms with Gasteiger partial charge in [-0.25, -0.2) is 9.48 Å². The first-order chi connectivity index (χ1) is 14.1. The highest BCUT2D eigenvalue weighted by Crippen LogP contribution is 2.34. The van der Waals surface area contributed by atoms with Crippen LogP contribution in [0.15, 0.2) is 83.3 Å². The summed E-state index contributed by atoms with van der Waals surface area (Å²) in [6, 6.07) is 25.7. The fourth-order valence-electron chi connectivity index (χ4n) is 3.16. The lowest BCUT2D eigenvalue weighted by Crippen LogP contribution is -2.03. The molecular formula is C23H14BrN3O2. The topological polar surface area (TPSA) is 78.9 Å². The summed E-state index contributed by atoms with van der Waals surface area (Å²) in [7, 11) is 0. The number of carboxylic acid groups (broad SMARTS) is 1. The van der Waals surface area contributed by atoms with E-state index in [-0.39, 0.29) is 5.56 Å². The molecule has 0 atom stereocenters. The number of carboxylic acids is 1.